The normalized spacial score (nSPS) is 16.7. The lowest BCUT2D eigenvalue weighted by atomic mass is 10.1. The molecule has 1 amide bonds. The van der Waals surface area contributed by atoms with Gasteiger partial charge in [0.05, 0.1) is 4.91 Å². The van der Waals surface area contributed by atoms with Gasteiger partial charge in [0.1, 0.15) is 15.8 Å². The second kappa shape index (κ2) is 6.63. The molecule has 1 saturated heterocycles. The highest BCUT2D eigenvalue weighted by Crippen LogP contribution is 2.34. The number of halogens is 1. The molecule has 3 nitrogen and oxygen atoms in total. The molecule has 3 rings (SSSR count). The Labute approximate surface area is 152 Å². The van der Waals surface area contributed by atoms with Gasteiger partial charge in [-0.15, -0.1) is 0 Å². The number of likely N-dealkylation sites (N-methyl/N-ethyl adjacent to an activating group) is 1. The predicted molar refractivity (Wildman–Crippen MR) is 102 cm³/mol. The quantitative estimate of drug-likeness (QED) is 0.514. The summed E-state index contributed by atoms with van der Waals surface area (Å²) in [5, 5.41) is 0. The number of rotatable bonds is 3. The van der Waals surface area contributed by atoms with Gasteiger partial charge in [0.2, 0.25) is 0 Å². The average Bonchev–Trinajstić information content (AvgIpc) is 3.05. The third-order valence-corrected chi connectivity index (χ3v) is 5.51. The molecule has 6 heteroatoms. The van der Waals surface area contributed by atoms with E-state index in [1.165, 1.54) is 17.3 Å². The minimum atomic E-state index is -0.0584. The highest BCUT2D eigenvalue weighted by Gasteiger charge is 2.30. The fourth-order valence-corrected chi connectivity index (χ4v) is 4.35. The van der Waals surface area contributed by atoms with Crippen LogP contribution in [0.25, 0.3) is 17.4 Å². The van der Waals surface area contributed by atoms with Gasteiger partial charge >= 0.3 is 0 Å². The Bertz CT molecular complexity index is 826. The van der Waals surface area contributed by atoms with Crippen LogP contribution in [0.1, 0.15) is 18.2 Å². The molecule has 1 fully saturated rings. The Kier molecular flexibility index (Phi) is 4.75. The van der Waals surface area contributed by atoms with Crippen LogP contribution in [0.15, 0.2) is 44.1 Å². The topological polar surface area (TPSA) is 33.5 Å². The summed E-state index contributed by atoms with van der Waals surface area (Å²) in [5.41, 5.74) is 2.16. The Hall–Kier alpha value is -1.37. The molecule has 0 aliphatic carbocycles. The summed E-state index contributed by atoms with van der Waals surface area (Å²) in [6, 6.07) is 9.86. The number of carbonyl (C=O) groups excluding carboxylic acids is 1. The number of nitrogens with zero attached hydrogens (tertiary/aromatic N) is 1. The third kappa shape index (κ3) is 3.29. The number of aryl methyl sites for hydroxylation is 1. The molecular formula is C17H14BrNO2S2. The van der Waals surface area contributed by atoms with Gasteiger partial charge in [0.25, 0.3) is 5.91 Å². The maximum atomic E-state index is 12.2. The number of benzene rings is 1. The Morgan fingerprint density at radius 3 is 2.78 bits per heavy atom. The minimum absolute atomic E-state index is 0.0584. The predicted octanol–water partition coefficient (Wildman–Crippen LogP) is 5.24. The molecule has 1 aliphatic rings. The number of thioether (sulfide) groups is 1. The molecule has 0 bridgehead atoms. The molecule has 1 aliphatic heterocycles. The van der Waals surface area contributed by atoms with Crippen LogP contribution >= 0.6 is 39.9 Å². The second-order valence-electron chi connectivity index (χ2n) is 5.11. The van der Waals surface area contributed by atoms with Crippen LogP contribution in [0.5, 0.6) is 0 Å². The SMILES string of the molecule is CCN1C(=O)/C(=C/c2ccc(-c3ccc(C)cc3Br)o2)SC1=S. The zero-order chi connectivity index (χ0) is 16.6. The van der Waals surface area contributed by atoms with Gasteiger partial charge in [-0.05, 0) is 43.7 Å². The fraction of sp³-hybridized carbons (Fsp3) is 0.176. The van der Waals surface area contributed by atoms with E-state index in [0.717, 1.165) is 15.8 Å². The molecule has 0 atom stereocenters. The zero-order valence-electron chi connectivity index (χ0n) is 12.6. The first-order valence-corrected chi connectivity index (χ1v) is 9.13. The number of thiocarbonyl (C=S) groups is 1. The summed E-state index contributed by atoms with van der Waals surface area (Å²) in [6.07, 6.45) is 1.75. The maximum Gasteiger partial charge on any atom is 0.266 e. The van der Waals surface area contributed by atoms with Crippen LogP contribution in [0.4, 0.5) is 0 Å². The van der Waals surface area contributed by atoms with Gasteiger partial charge in [0.15, 0.2) is 0 Å². The smallest absolute Gasteiger partial charge is 0.266 e. The number of amides is 1. The van der Waals surface area contributed by atoms with E-state index < -0.39 is 0 Å². The monoisotopic (exact) mass is 407 g/mol. The van der Waals surface area contributed by atoms with E-state index in [4.69, 9.17) is 16.6 Å². The first kappa shape index (κ1) is 16.5. The first-order chi connectivity index (χ1) is 11.0. The summed E-state index contributed by atoms with van der Waals surface area (Å²) in [5.74, 6) is 1.34. The molecule has 0 radical (unpaired) electrons. The Morgan fingerprint density at radius 2 is 2.13 bits per heavy atom. The standard InChI is InChI=1S/C17H14BrNO2S2/c1-3-19-16(20)15(23-17(19)22)9-11-5-7-14(21-11)12-6-4-10(2)8-13(12)18/h4-9H,3H2,1-2H3/b15-9-. The van der Waals surface area contributed by atoms with Gasteiger partial charge in [0, 0.05) is 22.7 Å². The van der Waals surface area contributed by atoms with Crippen molar-refractivity contribution in [2.24, 2.45) is 0 Å². The van der Waals surface area contributed by atoms with E-state index in [1.807, 2.05) is 44.2 Å². The molecule has 0 spiro atoms. The van der Waals surface area contributed by atoms with Gasteiger partial charge in [-0.25, -0.2) is 0 Å². The van der Waals surface area contributed by atoms with Crippen LogP contribution in [-0.2, 0) is 4.79 Å². The zero-order valence-corrected chi connectivity index (χ0v) is 15.8. The molecule has 2 aromatic rings. The largest absolute Gasteiger partial charge is 0.457 e. The van der Waals surface area contributed by atoms with Crippen LogP contribution in [0.3, 0.4) is 0 Å². The van der Waals surface area contributed by atoms with Crippen LogP contribution in [-0.4, -0.2) is 21.7 Å². The average molecular weight is 408 g/mol. The van der Waals surface area contributed by atoms with Crippen LogP contribution < -0.4 is 0 Å². The molecule has 0 saturated carbocycles. The number of carbonyl (C=O) groups is 1. The van der Waals surface area contributed by atoms with Crippen molar-refractivity contribution >= 4 is 56.2 Å². The maximum absolute atomic E-state index is 12.2. The number of hydrogen-bond donors (Lipinski definition) is 0. The van der Waals surface area contributed by atoms with E-state index in [2.05, 4.69) is 15.9 Å². The summed E-state index contributed by atoms with van der Waals surface area (Å²) in [7, 11) is 0. The Balaban J connectivity index is 1.90. The van der Waals surface area contributed by atoms with E-state index in [9.17, 15) is 4.79 Å². The van der Waals surface area contributed by atoms with Crippen molar-refractivity contribution in [3.63, 3.8) is 0 Å². The highest BCUT2D eigenvalue weighted by molar-refractivity contribution is 9.10. The first-order valence-electron chi connectivity index (χ1n) is 7.11. The van der Waals surface area contributed by atoms with E-state index in [-0.39, 0.29) is 5.91 Å². The van der Waals surface area contributed by atoms with Gasteiger partial charge in [-0.2, -0.15) is 0 Å². The lowest BCUT2D eigenvalue weighted by Gasteiger charge is -2.09. The molecular weight excluding hydrogens is 394 g/mol. The molecule has 0 N–H and O–H groups in total. The Morgan fingerprint density at radius 1 is 1.35 bits per heavy atom. The molecule has 118 valence electrons. The van der Waals surface area contributed by atoms with Crippen LogP contribution in [0.2, 0.25) is 0 Å². The van der Waals surface area contributed by atoms with Crippen molar-refractivity contribution in [2.75, 3.05) is 6.54 Å². The summed E-state index contributed by atoms with van der Waals surface area (Å²) in [6.45, 7) is 4.53. The molecule has 0 unspecified atom stereocenters. The van der Waals surface area contributed by atoms with Crippen molar-refractivity contribution in [1.82, 2.24) is 4.90 Å². The number of furan rings is 1. The van der Waals surface area contributed by atoms with Crippen molar-refractivity contribution in [3.05, 3.63) is 51.0 Å². The summed E-state index contributed by atoms with van der Waals surface area (Å²) >= 11 is 10.1. The van der Waals surface area contributed by atoms with E-state index in [0.29, 0.717) is 21.5 Å². The minimum Gasteiger partial charge on any atom is -0.457 e. The lowest BCUT2D eigenvalue weighted by molar-refractivity contribution is -0.121. The molecule has 2 heterocycles. The van der Waals surface area contributed by atoms with Crippen LogP contribution in [0, 0.1) is 6.92 Å². The van der Waals surface area contributed by atoms with E-state index >= 15 is 0 Å². The fourth-order valence-electron chi connectivity index (χ4n) is 2.30. The summed E-state index contributed by atoms with van der Waals surface area (Å²) < 4.78 is 7.45. The third-order valence-electron chi connectivity index (χ3n) is 3.48. The molecule has 1 aromatic heterocycles. The van der Waals surface area contributed by atoms with E-state index in [1.54, 1.807) is 11.0 Å². The second-order valence-corrected chi connectivity index (χ2v) is 7.64. The van der Waals surface area contributed by atoms with Crippen molar-refractivity contribution in [1.29, 1.82) is 0 Å². The van der Waals surface area contributed by atoms with Crippen molar-refractivity contribution in [3.8, 4) is 11.3 Å². The number of hydrogen-bond acceptors (Lipinski definition) is 4. The highest BCUT2D eigenvalue weighted by atomic mass is 79.9. The van der Waals surface area contributed by atoms with Gasteiger partial charge in [-0.3, -0.25) is 9.69 Å². The van der Waals surface area contributed by atoms with Crippen molar-refractivity contribution < 1.29 is 9.21 Å². The van der Waals surface area contributed by atoms with Gasteiger partial charge < -0.3 is 4.42 Å². The molecule has 23 heavy (non-hydrogen) atoms. The summed E-state index contributed by atoms with van der Waals surface area (Å²) in [4.78, 5) is 14.4. The van der Waals surface area contributed by atoms with Crippen molar-refractivity contribution in [2.45, 2.75) is 13.8 Å². The molecule has 1 aromatic carbocycles. The van der Waals surface area contributed by atoms with Gasteiger partial charge in [-0.1, -0.05) is 46.0 Å². The lowest BCUT2D eigenvalue weighted by Crippen LogP contribution is -2.27.